The molecule has 0 aliphatic carbocycles. The number of hydrogen-bond donors (Lipinski definition) is 1. The molecule has 2 rings (SSSR count). The number of aromatic nitrogens is 1. The molecule has 133 valence electrons. The summed E-state index contributed by atoms with van der Waals surface area (Å²) >= 11 is 0. The molecular weight excluding hydrogens is 474 g/mol. The predicted octanol–water partition coefficient (Wildman–Crippen LogP) is 3.66. The Balaban J connectivity index is 0. The fourth-order valence-electron chi connectivity index (χ4n) is 2.15. The van der Waals surface area contributed by atoms with Crippen LogP contribution in [0.15, 0.2) is 12.3 Å². The third-order valence-corrected chi connectivity index (χ3v) is 3.14. The van der Waals surface area contributed by atoms with Crippen LogP contribution < -0.4 is 5.32 Å². The molecule has 0 spiro atoms. The van der Waals surface area contributed by atoms with Crippen molar-refractivity contribution in [2.75, 3.05) is 0 Å². The second-order valence-electron chi connectivity index (χ2n) is 4.76. The predicted molar refractivity (Wildman–Crippen MR) is 94.6 cm³/mol. The number of rotatable bonds is 3. The molecule has 1 saturated heterocycles. The van der Waals surface area contributed by atoms with E-state index in [1.165, 1.54) is 0 Å². The van der Waals surface area contributed by atoms with Gasteiger partial charge < -0.3 is 4.57 Å². The molecule has 1 atom stereocenters. The van der Waals surface area contributed by atoms with E-state index in [2.05, 4.69) is 36.7 Å². The van der Waals surface area contributed by atoms with Crippen molar-refractivity contribution in [2.24, 2.45) is 0 Å². The van der Waals surface area contributed by atoms with Gasteiger partial charge in [0.2, 0.25) is 11.8 Å². The third kappa shape index (κ3) is 7.30. The van der Waals surface area contributed by atoms with Crippen LogP contribution >= 0.6 is 0 Å². The number of carbonyl (C=O) groups is 2. The molecule has 1 aromatic heterocycles. The first-order valence-corrected chi connectivity index (χ1v) is 8.01. The fourth-order valence-corrected chi connectivity index (χ4v) is 2.15. The molecule has 1 aliphatic rings. The molecule has 1 N–H and O–H groups in total. The zero-order valence-electron chi connectivity index (χ0n) is 15.1. The quantitative estimate of drug-likeness (QED) is 0.391. The Hall–Kier alpha value is -1.62. The van der Waals surface area contributed by atoms with E-state index in [4.69, 9.17) is 0 Å². The van der Waals surface area contributed by atoms with Crippen molar-refractivity contribution in [3.05, 3.63) is 29.6 Å². The molecule has 4 nitrogen and oxygen atoms in total. The first-order valence-electron chi connectivity index (χ1n) is 8.01. The normalized spacial score (nSPS) is 15.9. The average Bonchev–Trinajstić information content (AvgIpc) is 2.89. The Kier molecular flexibility index (Phi) is 14.2. The maximum Gasteiger partial charge on any atom is 0.248 e. The van der Waals surface area contributed by atoms with E-state index in [9.17, 15) is 9.59 Å². The van der Waals surface area contributed by atoms with Crippen molar-refractivity contribution in [1.29, 1.82) is 0 Å². The van der Waals surface area contributed by atoms with Gasteiger partial charge in [-0.1, -0.05) is 27.7 Å². The smallest absolute Gasteiger partial charge is 0.248 e. The van der Waals surface area contributed by atoms with E-state index in [0.29, 0.717) is 12.8 Å². The number of hydrogen-bond acceptors (Lipinski definition) is 2. The zero-order valence-corrected chi connectivity index (χ0v) is 17.9. The summed E-state index contributed by atoms with van der Waals surface area (Å²) in [5.41, 5.74) is 2.01. The van der Waals surface area contributed by atoms with E-state index in [1.54, 1.807) is 13.1 Å². The van der Waals surface area contributed by atoms with E-state index >= 15 is 0 Å². The van der Waals surface area contributed by atoms with Crippen molar-refractivity contribution in [3.63, 3.8) is 0 Å². The van der Waals surface area contributed by atoms with Crippen molar-refractivity contribution in [2.45, 2.75) is 59.9 Å². The number of imide groups is 1. The minimum absolute atomic E-state index is 0. The van der Waals surface area contributed by atoms with Crippen LogP contribution in [0.1, 0.15) is 64.3 Å². The van der Waals surface area contributed by atoms with Crippen LogP contribution in [0.2, 0.25) is 0 Å². The van der Waals surface area contributed by atoms with Crippen molar-refractivity contribution < 1.29 is 30.0 Å². The summed E-state index contributed by atoms with van der Waals surface area (Å²) in [6.07, 6.45) is 12.4. The van der Waals surface area contributed by atoms with Crippen LogP contribution in [-0.2, 0) is 30.0 Å². The molecule has 1 radical (unpaired) electrons. The minimum atomic E-state index is -0.302. The Morgan fingerprint density at radius 2 is 2.04 bits per heavy atom. The molecular formula is C19H27N2O2Re-. The van der Waals surface area contributed by atoms with Crippen molar-refractivity contribution in [3.8, 4) is 12.3 Å². The Labute approximate surface area is 159 Å². The topological polar surface area (TPSA) is 51.1 Å². The van der Waals surface area contributed by atoms with Gasteiger partial charge in [0.25, 0.3) is 0 Å². The Morgan fingerprint density at radius 1 is 1.46 bits per heavy atom. The van der Waals surface area contributed by atoms with Crippen LogP contribution in [0.3, 0.4) is 0 Å². The van der Waals surface area contributed by atoms with Crippen LogP contribution in [0.5, 0.6) is 0 Å². The summed E-state index contributed by atoms with van der Waals surface area (Å²) in [7, 11) is 0. The monoisotopic (exact) mass is 502 g/mol. The maximum absolute atomic E-state index is 11.8. The SMILES string of the molecule is C#CC.CC.CC/C=C\c1c(C)[c-]cn1C1CCC(=O)NC1=O.[Re]. The molecule has 24 heavy (non-hydrogen) atoms. The van der Waals surface area contributed by atoms with Gasteiger partial charge in [0.05, 0.1) is 6.04 Å². The van der Waals surface area contributed by atoms with E-state index in [0.717, 1.165) is 17.7 Å². The van der Waals surface area contributed by atoms with Crippen molar-refractivity contribution in [1.82, 2.24) is 9.88 Å². The number of piperidine rings is 1. The molecule has 0 saturated carbocycles. The van der Waals surface area contributed by atoms with Gasteiger partial charge in [-0.15, -0.1) is 36.4 Å². The van der Waals surface area contributed by atoms with Gasteiger partial charge >= 0.3 is 0 Å². The van der Waals surface area contributed by atoms with Crippen molar-refractivity contribution >= 4 is 17.9 Å². The van der Waals surface area contributed by atoms with Crippen LogP contribution in [0.25, 0.3) is 6.08 Å². The second-order valence-corrected chi connectivity index (χ2v) is 4.76. The summed E-state index contributed by atoms with van der Waals surface area (Å²) in [5, 5.41) is 2.38. The van der Waals surface area contributed by atoms with Gasteiger partial charge in [0.1, 0.15) is 0 Å². The Bertz CT molecular complexity index is 583. The van der Waals surface area contributed by atoms with Gasteiger partial charge in [0, 0.05) is 26.8 Å². The largest absolute Gasteiger partial charge is 0.432 e. The van der Waals surface area contributed by atoms with E-state index in [-0.39, 0.29) is 38.3 Å². The molecule has 0 aromatic carbocycles. The zero-order chi connectivity index (χ0) is 17.8. The summed E-state index contributed by atoms with van der Waals surface area (Å²) in [4.78, 5) is 23.0. The van der Waals surface area contributed by atoms with Crippen LogP contribution in [0.4, 0.5) is 0 Å². The second kappa shape index (κ2) is 13.8. The summed E-state index contributed by atoms with van der Waals surface area (Å²) in [6, 6.07) is 2.82. The Morgan fingerprint density at radius 3 is 2.54 bits per heavy atom. The molecule has 0 bridgehead atoms. The molecule has 2 heterocycles. The summed E-state index contributed by atoms with van der Waals surface area (Å²) in [5.74, 6) is 1.84. The number of allylic oxidation sites excluding steroid dienone is 1. The first kappa shape index (κ1) is 24.6. The van der Waals surface area contributed by atoms with E-state index < -0.39 is 0 Å². The molecule has 5 heteroatoms. The maximum atomic E-state index is 11.8. The number of nitrogens with one attached hydrogen (secondary N) is 1. The molecule has 1 aromatic rings. The molecule has 1 fully saturated rings. The van der Waals surface area contributed by atoms with E-state index in [1.807, 2.05) is 31.4 Å². The fraction of sp³-hybridized carbons (Fsp3) is 0.474. The number of nitrogens with zero attached hydrogens (tertiary/aromatic N) is 1. The standard InChI is InChI=1S/C14H17N2O2.C3H4.C2H6.Re/c1-3-4-5-11-10(2)8-9-16(11)12-6-7-13(17)15-14(12)18;1-3-2;1-2;/h4-5,9,12H,3,6-7H2,1-2H3,(H,15,17,18);1H,2H3;1-2H3;/q-1;;;/b5-4-;;;. The summed E-state index contributed by atoms with van der Waals surface area (Å²) < 4.78 is 1.91. The van der Waals surface area contributed by atoms with Gasteiger partial charge in [0.15, 0.2) is 0 Å². The average molecular weight is 502 g/mol. The number of aryl methyl sites for hydroxylation is 1. The molecule has 1 aliphatic heterocycles. The number of amides is 2. The van der Waals surface area contributed by atoms with Gasteiger partial charge in [-0.25, -0.2) is 6.07 Å². The molecule has 1 unspecified atom stereocenters. The number of terminal acetylenes is 1. The minimum Gasteiger partial charge on any atom is -0.432 e. The van der Waals surface area contributed by atoms with Crippen LogP contribution in [-0.4, -0.2) is 16.4 Å². The number of carbonyl (C=O) groups excluding carboxylic acids is 2. The molecule has 2 amide bonds. The summed E-state index contributed by atoms with van der Waals surface area (Å²) in [6.45, 7) is 9.69. The van der Waals surface area contributed by atoms with Crippen LogP contribution in [0, 0.1) is 25.3 Å². The first-order chi connectivity index (χ1) is 11.0. The van der Waals surface area contributed by atoms with Gasteiger partial charge in [-0.05, 0) is 19.8 Å². The third-order valence-electron chi connectivity index (χ3n) is 3.14. The van der Waals surface area contributed by atoms with Gasteiger partial charge in [-0.2, -0.15) is 5.56 Å². The van der Waals surface area contributed by atoms with Gasteiger partial charge in [-0.3, -0.25) is 14.9 Å².